The van der Waals surface area contributed by atoms with E-state index in [0.29, 0.717) is 17.2 Å². The summed E-state index contributed by atoms with van der Waals surface area (Å²) in [5, 5.41) is 8.63. The lowest BCUT2D eigenvalue weighted by Crippen LogP contribution is -1.87. The molecule has 0 heterocycles. The fraction of sp³-hybridized carbons (Fsp3) is 0.222. The maximum atomic E-state index is 8.63. The Hall–Kier alpha value is -1.20. The number of hydrogen-bond acceptors (Lipinski definition) is 2. The van der Waals surface area contributed by atoms with Crippen molar-refractivity contribution in [2.24, 2.45) is 0 Å². The predicted octanol–water partition coefficient (Wildman–Crippen LogP) is 2.31. The minimum Gasteiger partial charge on any atom is -0.497 e. The van der Waals surface area contributed by atoms with Crippen LogP contribution in [0.3, 0.4) is 0 Å². The summed E-state index contributed by atoms with van der Waals surface area (Å²) < 4.78 is 4.99. The van der Waals surface area contributed by atoms with Crippen LogP contribution in [0.25, 0.3) is 0 Å². The van der Waals surface area contributed by atoms with E-state index in [2.05, 4.69) is 0 Å². The quantitative estimate of drug-likeness (QED) is 0.656. The van der Waals surface area contributed by atoms with Crippen molar-refractivity contribution in [3.63, 3.8) is 0 Å². The third kappa shape index (κ3) is 1.90. The van der Waals surface area contributed by atoms with E-state index < -0.39 is 0 Å². The Morgan fingerprint density at radius 3 is 2.75 bits per heavy atom. The molecule has 12 heavy (non-hydrogen) atoms. The second-order valence-corrected chi connectivity index (χ2v) is 2.58. The lowest BCUT2D eigenvalue weighted by Gasteiger charge is -2.02. The maximum Gasteiger partial charge on any atom is 0.120 e. The van der Waals surface area contributed by atoms with E-state index in [-0.39, 0.29) is 0 Å². The molecule has 0 bridgehead atoms. The third-order valence-electron chi connectivity index (χ3n) is 1.49. The number of ether oxygens (including phenoxy) is 1. The largest absolute Gasteiger partial charge is 0.497 e. The van der Waals surface area contributed by atoms with Gasteiger partial charge < -0.3 is 4.74 Å². The molecule has 62 valence electrons. The van der Waals surface area contributed by atoms with Crippen LogP contribution in [0.5, 0.6) is 5.75 Å². The second-order valence-electron chi connectivity index (χ2n) is 2.32. The molecule has 0 aliphatic rings. The van der Waals surface area contributed by atoms with E-state index >= 15 is 0 Å². The van der Waals surface area contributed by atoms with Crippen LogP contribution in [0.2, 0.25) is 0 Å². The molecule has 1 aromatic rings. The Morgan fingerprint density at radius 1 is 1.50 bits per heavy atom. The molecule has 0 saturated carbocycles. The van der Waals surface area contributed by atoms with Gasteiger partial charge >= 0.3 is 0 Å². The van der Waals surface area contributed by atoms with Crippen LogP contribution in [0.15, 0.2) is 18.2 Å². The molecule has 0 saturated heterocycles. The SMILES string of the molecule is COc1cc(C#N)cc(CCl)c1. The van der Waals surface area contributed by atoms with Crippen LogP contribution >= 0.6 is 11.6 Å². The molecule has 2 nitrogen and oxygen atoms in total. The van der Waals surface area contributed by atoms with Crippen molar-refractivity contribution >= 4 is 11.6 Å². The molecule has 0 fully saturated rings. The lowest BCUT2D eigenvalue weighted by molar-refractivity contribution is 0.414. The van der Waals surface area contributed by atoms with Gasteiger partial charge in [-0.3, -0.25) is 0 Å². The van der Waals surface area contributed by atoms with Gasteiger partial charge in [-0.15, -0.1) is 11.6 Å². The highest BCUT2D eigenvalue weighted by atomic mass is 35.5. The van der Waals surface area contributed by atoms with Gasteiger partial charge in [0.2, 0.25) is 0 Å². The first-order valence-corrected chi connectivity index (χ1v) is 3.97. The molecule has 0 aliphatic heterocycles. The van der Waals surface area contributed by atoms with Gasteiger partial charge in [0.15, 0.2) is 0 Å². The summed E-state index contributed by atoms with van der Waals surface area (Å²) in [6.45, 7) is 0. The number of nitrogens with zero attached hydrogens (tertiary/aromatic N) is 1. The van der Waals surface area contributed by atoms with Gasteiger partial charge in [0.1, 0.15) is 5.75 Å². The lowest BCUT2D eigenvalue weighted by atomic mass is 10.1. The fourth-order valence-electron chi connectivity index (χ4n) is 0.920. The van der Waals surface area contributed by atoms with Crippen molar-refractivity contribution in [2.75, 3.05) is 7.11 Å². The average Bonchev–Trinajstić information content (AvgIpc) is 2.16. The summed E-state index contributed by atoms with van der Waals surface area (Å²) in [6, 6.07) is 7.27. The number of rotatable bonds is 2. The molecule has 0 aliphatic carbocycles. The number of alkyl halides is 1. The Kier molecular flexibility index (Phi) is 2.95. The number of nitriles is 1. The molecule has 1 rings (SSSR count). The van der Waals surface area contributed by atoms with Crippen LogP contribution in [0, 0.1) is 11.3 Å². The Morgan fingerprint density at radius 2 is 2.25 bits per heavy atom. The van der Waals surface area contributed by atoms with Crippen molar-refractivity contribution in [2.45, 2.75) is 5.88 Å². The van der Waals surface area contributed by atoms with Crippen molar-refractivity contribution < 1.29 is 4.74 Å². The van der Waals surface area contributed by atoms with E-state index in [9.17, 15) is 0 Å². The van der Waals surface area contributed by atoms with Gasteiger partial charge in [0.05, 0.1) is 18.7 Å². The van der Waals surface area contributed by atoms with E-state index in [4.69, 9.17) is 21.6 Å². The average molecular weight is 182 g/mol. The van der Waals surface area contributed by atoms with Gasteiger partial charge in [0.25, 0.3) is 0 Å². The molecular formula is C9H8ClNO. The molecule has 3 heteroatoms. The van der Waals surface area contributed by atoms with Gasteiger partial charge in [-0.1, -0.05) is 0 Å². The van der Waals surface area contributed by atoms with E-state index in [0.717, 1.165) is 5.56 Å². The van der Waals surface area contributed by atoms with Crippen LogP contribution in [-0.4, -0.2) is 7.11 Å². The first-order valence-electron chi connectivity index (χ1n) is 3.44. The zero-order valence-electron chi connectivity index (χ0n) is 6.67. The summed E-state index contributed by atoms with van der Waals surface area (Å²) in [5.74, 6) is 1.07. The van der Waals surface area contributed by atoms with Gasteiger partial charge in [-0.25, -0.2) is 0 Å². The van der Waals surface area contributed by atoms with Crippen molar-refractivity contribution in [3.8, 4) is 11.8 Å². The topological polar surface area (TPSA) is 33.0 Å². The summed E-state index contributed by atoms with van der Waals surface area (Å²) in [5.41, 5.74) is 1.47. The van der Waals surface area contributed by atoms with Crippen molar-refractivity contribution in [1.82, 2.24) is 0 Å². The molecule has 0 spiro atoms. The summed E-state index contributed by atoms with van der Waals surface area (Å²) >= 11 is 5.62. The molecule has 0 radical (unpaired) electrons. The molecule has 0 N–H and O–H groups in total. The fourth-order valence-corrected chi connectivity index (χ4v) is 1.07. The number of benzene rings is 1. The van der Waals surface area contributed by atoms with E-state index in [1.54, 1.807) is 19.2 Å². The minimum atomic E-state index is 0.395. The Balaban J connectivity index is 3.12. The molecular weight excluding hydrogens is 174 g/mol. The minimum absolute atomic E-state index is 0.395. The highest BCUT2D eigenvalue weighted by molar-refractivity contribution is 6.17. The van der Waals surface area contributed by atoms with Crippen LogP contribution in [0.1, 0.15) is 11.1 Å². The van der Waals surface area contributed by atoms with Crippen LogP contribution in [0.4, 0.5) is 0 Å². The highest BCUT2D eigenvalue weighted by Gasteiger charge is 1.98. The summed E-state index contributed by atoms with van der Waals surface area (Å²) in [4.78, 5) is 0. The van der Waals surface area contributed by atoms with Crippen molar-refractivity contribution in [1.29, 1.82) is 5.26 Å². The predicted molar refractivity (Wildman–Crippen MR) is 47.3 cm³/mol. The van der Waals surface area contributed by atoms with E-state index in [1.165, 1.54) is 0 Å². The second kappa shape index (κ2) is 3.99. The molecule has 0 aromatic heterocycles. The van der Waals surface area contributed by atoms with Gasteiger partial charge in [0, 0.05) is 5.88 Å². The zero-order chi connectivity index (χ0) is 8.97. The van der Waals surface area contributed by atoms with Crippen molar-refractivity contribution in [3.05, 3.63) is 29.3 Å². The molecule has 0 amide bonds. The number of hydrogen-bond donors (Lipinski definition) is 0. The number of methoxy groups -OCH3 is 1. The smallest absolute Gasteiger partial charge is 0.120 e. The monoisotopic (exact) mass is 181 g/mol. The van der Waals surface area contributed by atoms with E-state index in [1.807, 2.05) is 12.1 Å². The highest BCUT2D eigenvalue weighted by Crippen LogP contribution is 2.17. The van der Waals surface area contributed by atoms with Gasteiger partial charge in [-0.2, -0.15) is 5.26 Å². The molecule has 0 unspecified atom stereocenters. The first kappa shape index (κ1) is 8.89. The van der Waals surface area contributed by atoms with Crippen LogP contribution in [-0.2, 0) is 5.88 Å². The summed E-state index contributed by atoms with van der Waals surface area (Å²) in [6.07, 6.45) is 0. The van der Waals surface area contributed by atoms with Crippen LogP contribution < -0.4 is 4.74 Å². The standard InChI is InChI=1S/C9H8ClNO/c1-12-9-3-7(5-10)2-8(4-9)6-11/h2-4H,5H2,1H3. The third-order valence-corrected chi connectivity index (χ3v) is 1.79. The first-order chi connectivity index (χ1) is 5.80. The molecule has 0 atom stereocenters. The Bertz CT molecular complexity index is 295. The Labute approximate surface area is 76.3 Å². The normalized spacial score (nSPS) is 9.08. The maximum absolute atomic E-state index is 8.63. The summed E-state index contributed by atoms with van der Waals surface area (Å²) in [7, 11) is 1.56. The molecule has 1 aromatic carbocycles. The van der Waals surface area contributed by atoms with Gasteiger partial charge in [-0.05, 0) is 23.8 Å². The zero-order valence-corrected chi connectivity index (χ0v) is 7.43. The number of halogens is 1.